The Kier molecular flexibility index (Phi) is 8.56. The van der Waals surface area contributed by atoms with Gasteiger partial charge in [-0.25, -0.2) is 0 Å². The van der Waals surface area contributed by atoms with Crippen molar-refractivity contribution in [3.05, 3.63) is 76.8 Å². The van der Waals surface area contributed by atoms with Crippen LogP contribution in [0, 0.1) is 5.92 Å². The van der Waals surface area contributed by atoms with Crippen molar-refractivity contribution in [2.75, 3.05) is 35.3 Å². The van der Waals surface area contributed by atoms with E-state index >= 15 is 0 Å². The Morgan fingerprint density at radius 1 is 1.03 bits per heavy atom. The lowest BCUT2D eigenvalue weighted by Gasteiger charge is -2.19. The van der Waals surface area contributed by atoms with Crippen LogP contribution < -0.4 is 25.0 Å². The molecule has 0 aromatic heterocycles. The molecule has 1 heterocycles. The summed E-state index contributed by atoms with van der Waals surface area (Å²) in [4.78, 5) is 26.7. The maximum absolute atomic E-state index is 12.9. The molecule has 3 aromatic carbocycles. The molecule has 3 aromatic rings. The molecule has 2 amide bonds. The molecular formula is C29H32ClN3O4. The van der Waals surface area contributed by atoms with Crippen LogP contribution >= 0.6 is 11.6 Å². The molecule has 0 unspecified atom stereocenters. The zero-order valence-corrected chi connectivity index (χ0v) is 22.1. The van der Waals surface area contributed by atoms with Gasteiger partial charge in [-0.05, 0) is 60.9 Å². The van der Waals surface area contributed by atoms with Crippen LogP contribution in [0.3, 0.4) is 0 Å². The first kappa shape index (κ1) is 26.4. The number of benzene rings is 3. The van der Waals surface area contributed by atoms with Crippen molar-refractivity contribution >= 4 is 40.5 Å². The standard InChI is InChI=1S/C29H32ClN3O4/c1-4-36-26-15-20(17-31-22-9-7-10-23(16-22)32-29(35)19(2)3)14-24(30)28(26)37-18-27(34)33-13-12-21-8-5-6-11-25(21)33/h5-11,14-16,19,31H,4,12-13,17-18H2,1-3H3,(H,32,35). The summed E-state index contributed by atoms with van der Waals surface area (Å²) in [6, 6.07) is 19.1. The van der Waals surface area contributed by atoms with Gasteiger partial charge < -0.3 is 25.0 Å². The number of para-hydroxylation sites is 1. The first-order valence-corrected chi connectivity index (χ1v) is 12.8. The summed E-state index contributed by atoms with van der Waals surface area (Å²) in [6.45, 7) is 6.99. The number of carbonyl (C=O) groups is 2. The first-order valence-electron chi connectivity index (χ1n) is 12.5. The third-order valence-corrected chi connectivity index (χ3v) is 6.33. The van der Waals surface area contributed by atoms with Crippen LogP contribution in [0.1, 0.15) is 31.9 Å². The Morgan fingerprint density at radius 3 is 2.59 bits per heavy atom. The summed E-state index contributed by atoms with van der Waals surface area (Å²) < 4.78 is 11.7. The van der Waals surface area contributed by atoms with Gasteiger partial charge in [-0.1, -0.05) is 49.7 Å². The van der Waals surface area contributed by atoms with E-state index in [1.165, 1.54) is 0 Å². The number of hydrogen-bond acceptors (Lipinski definition) is 5. The largest absolute Gasteiger partial charge is 0.490 e. The number of hydrogen-bond donors (Lipinski definition) is 2. The third-order valence-electron chi connectivity index (χ3n) is 6.05. The van der Waals surface area contributed by atoms with Crippen molar-refractivity contribution in [1.29, 1.82) is 0 Å². The molecule has 37 heavy (non-hydrogen) atoms. The Labute approximate surface area is 222 Å². The molecule has 4 rings (SSSR count). The second-order valence-corrected chi connectivity index (χ2v) is 9.54. The maximum atomic E-state index is 12.9. The summed E-state index contributed by atoms with van der Waals surface area (Å²) in [5.74, 6) is 0.579. The van der Waals surface area contributed by atoms with Gasteiger partial charge >= 0.3 is 0 Å². The highest BCUT2D eigenvalue weighted by atomic mass is 35.5. The van der Waals surface area contributed by atoms with Crippen molar-refractivity contribution in [2.24, 2.45) is 5.92 Å². The predicted molar refractivity (Wildman–Crippen MR) is 148 cm³/mol. The molecule has 8 heteroatoms. The van der Waals surface area contributed by atoms with Gasteiger partial charge in [-0.15, -0.1) is 0 Å². The third kappa shape index (κ3) is 6.54. The lowest BCUT2D eigenvalue weighted by Crippen LogP contribution is -2.33. The first-order chi connectivity index (χ1) is 17.9. The van der Waals surface area contributed by atoms with E-state index in [0.29, 0.717) is 36.2 Å². The highest BCUT2D eigenvalue weighted by molar-refractivity contribution is 6.32. The lowest BCUT2D eigenvalue weighted by atomic mass is 10.1. The minimum Gasteiger partial charge on any atom is -0.490 e. The quantitative estimate of drug-likeness (QED) is 0.346. The van der Waals surface area contributed by atoms with E-state index in [0.717, 1.165) is 34.6 Å². The number of nitrogens with one attached hydrogen (secondary N) is 2. The minimum atomic E-state index is -0.138. The van der Waals surface area contributed by atoms with Crippen molar-refractivity contribution in [3.8, 4) is 11.5 Å². The van der Waals surface area contributed by atoms with Crippen LogP contribution in [0.25, 0.3) is 0 Å². The molecule has 0 radical (unpaired) electrons. The number of ether oxygens (including phenoxy) is 2. The zero-order chi connectivity index (χ0) is 26.4. The van der Waals surface area contributed by atoms with Gasteiger partial charge in [0, 0.05) is 36.1 Å². The fraction of sp³-hybridized carbons (Fsp3) is 0.310. The van der Waals surface area contributed by atoms with E-state index in [1.807, 2.05) is 75.4 Å². The number of halogens is 1. The van der Waals surface area contributed by atoms with Crippen LogP contribution in [0.5, 0.6) is 11.5 Å². The molecule has 0 atom stereocenters. The van der Waals surface area contributed by atoms with Crippen molar-refractivity contribution < 1.29 is 19.1 Å². The number of amides is 2. The van der Waals surface area contributed by atoms with Crippen LogP contribution in [0.2, 0.25) is 5.02 Å². The second-order valence-electron chi connectivity index (χ2n) is 9.13. The maximum Gasteiger partial charge on any atom is 0.264 e. The summed E-state index contributed by atoms with van der Waals surface area (Å²) in [6.07, 6.45) is 0.835. The molecule has 0 bridgehead atoms. The smallest absolute Gasteiger partial charge is 0.264 e. The summed E-state index contributed by atoms with van der Waals surface area (Å²) in [5.41, 5.74) is 4.56. The average Bonchev–Trinajstić information content (AvgIpc) is 3.31. The molecular weight excluding hydrogens is 490 g/mol. The summed E-state index contributed by atoms with van der Waals surface area (Å²) >= 11 is 6.58. The minimum absolute atomic E-state index is 0.0340. The number of rotatable bonds is 10. The molecule has 2 N–H and O–H groups in total. The van der Waals surface area contributed by atoms with E-state index < -0.39 is 0 Å². The topological polar surface area (TPSA) is 79.9 Å². The summed E-state index contributed by atoms with van der Waals surface area (Å²) in [5, 5.41) is 6.62. The van der Waals surface area contributed by atoms with Crippen molar-refractivity contribution in [2.45, 2.75) is 33.7 Å². The van der Waals surface area contributed by atoms with E-state index in [-0.39, 0.29) is 24.3 Å². The van der Waals surface area contributed by atoms with Gasteiger partial charge in [0.1, 0.15) is 0 Å². The van der Waals surface area contributed by atoms with Gasteiger partial charge in [-0.3, -0.25) is 9.59 Å². The van der Waals surface area contributed by atoms with Crippen LogP contribution in [-0.4, -0.2) is 31.6 Å². The van der Waals surface area contributed by atoms with Gasteiger partial charge in [0.05, 0.1) is 11.6 Å². The van der Waals surface area contributed by atoms with E-state index in [1.54, 1.807) is 11.0 Å². The van der Waals surface area contributed by atoms with Crippen LogP contribution in [0.4, 0.5) is 17.1 Å². The fourth-order valence-corrected chi connectivity index (χ4v) is 4.42. The van der Waals surface area contributed by atoms with Crippen molar-refractivity contribution in [1.82, 2.24) is 0 Å². The molecule has 0 spiro atoms. The molecule has 194 valence electrons. The molecule has 0 fully saturated rings. The molecule has 0 aliphatic carbocycles. The Hall–Kier alpha value is -3.71. The number of anilines is 3. The predicted octanol–water partition coefficient (Wildman–Crippen LogP) is 5.91. The molecule has 1 aliphatic rings. The monoisotopic (exact) mass is 521 g/mol. The number of fused-ring (bicyclic) bond motifs is 1. The van der Waals surface area contributed by atoms with Crippen LogP contribution in [-0.2, 0) is 22.6 Å². The zero-order valence-electron chi connectivity index (χ0n) is 21.3. The van der Waals surface area contributed by atoms with Gasteiger partial charge in [0.2, 0.25) is 5.91 Å². The highest BCUT2D eigenvalue weighted by Crippen LogP contribution is 2.37. The van der Waals surface area contributed by atoms with Gasteiger partial charge in [0.15, 0.2) is 18.1 Å². The molecule has 1 aliphatic heterocycles. The van der Waals surface area contributed by atoms with Gasteiger partial charge in [-0.2, -0.15) is 0 Å². The molecule has 7 nitrogen and oxygen atoms in total. The lowest BCUT2D eigenvalue weighted by molar-refractivity contribution is -0.120. The van der Waals surface area contributed by atoms with Crippen molar-refractivity contribution in [3.63, 3.8) is 0 Å². The molecule has 0 saturated carbocycles. The summed E-state index contributed by atoms with van der Waals surface area (Å²) in [7, 11) is 0. The normalized spacial score (nSPS) is 12.3. The van der Waals surface area contributed by atoms with E-state index in [4.69, 9.17) is 21.1 Å². The second kappa shape index (κ2) is 12.0. The number of carbonyl (C=O) groups excluding carboxylic acids is 2. The SMILES string of the molecule is CCOc1cc(CNc2cccc(NC(=O)C(C)C)c2)cc(Cl)c1OCC(=O)N1CCc2ccccc21. The molecule has 0 saturated heterocycles. The van der Waals surface area contributed by atoms with E-state index in [2.05, 4.69) is 10.6 Å². The Morgan fingerprint density at radius 2 is 1.81 bits per heavy atom. The highest BCUT2D eigenvalue weighted by Gasteiger charge is 2.25. The number of nitrogens with zero attached hydrogens (tertiary/aromatic N) is 1. The van der Waals surface area contributed by atoms with Gasteiger partial charge in [0.25, 0.3) is 5.91 Å². The Bertz CT molecular complexity index is 1280. The average molecular weight is 522 g/mol. The van der Waals surface area contributed by atoms with Crippen LogP contribution in [0.15, 0.2) is 60.7 Å². The fourth-order valence-electron chi connectivity index (χ4n) is 4.13. The van der Waals surface area contributed by atoms with E-state index in [9.17, 15) is 9.59 Å². The Balaban J connectivity index is 1.42.